The first-order valence-corrected chi connectivity index (χ1v) is 7.21. The number of carbonyl (C=O) groups is 1. The SMILES string of the molecule is COc1c(N2CC[C@@H]2C)ccc(N)c1C(=O)OC(C)(C)C. The number of carbonyl (C=O) groups excluding carboxylic acids is 1. The van der Waals surface area contributed by atoms with Crippen molar-refractivity contribution < 1.29 is 14.3 Å². The summed E-state index contributed by atoms with van der Waals surface area (Å²) < 4.78 is 10.9. The predicted octanol–water partition coefficient (Wildman–Crippen LogP) is 2.83. The van der Waals surface area contributed by atoms with E-state index in [-0.39, 0.29) is 0 Å². The molecule has 0 spiro atoms. The molecule has 0 unspecified atom stereocenters. The van der Waals surface area contributed by atoms with E-state index in [2.05, 4.69) is 11.8 Å². The lowest BCUT2D eigenvalue weighted by molar-refractivity contribution is 0.00679. The van der Waals surface area contributed by atoms with Gasteiger partial charge >= 0.3 is 5.97 Å². The van der Waals surface area contributed by atoms with Crippen LogP contribution in [-0.2, 0) is 4.74 Å². The maximum Gasteiger partial charge on any atom is 0.344 e. The second kappa shape index (κ2) is 5.47. The van der Waals surface area contributed by atoms with Gasteiger partial charge in [-0.15, -0.1) is 0 Å². The zero-order valence-electron chi connectivity index (χ0n) is 13.4. The highest BCUT2D eigenvalue weighted by Crippen LogP contribution is 2.40. The second-order valence-corrected chi connectivity index (χ2v) is 6.42. The van der Waals surface area contributed by atoms with Gasteiger partial charge in [-0.25, -0.2) is 4.79 Å². The van der Waals surface area contributed by atoms with Crippen LogP contribution in [0.1, 0.15) is 44.5 Å². The molecule has 0 aromatic heterocycles. The Morgan fingerprint density at radius 2 is 2.05 bits per heavy atom. The van der Waals surface area contributed by atoms with Crippen LogP contribution in [0.4, 0.5) is 11.4 Å². The van der Waals surface area contributed by atoms with Gasteiger partial charge in [0.05, 0.1) is 18.5 Å². The number of hydrogen-bond acceptors (Lipinski definition) is 5. The van der Waals surface area contributed by atoms with Crippen LogP contribution < -0.4 is 15.4 Å². The summed E-state index contributed by atoms with van der Waals surface area (Å²) in [7, 11) is 1.55. The van der Waals surface area contributed by atoms with E-state index in [1.807, 2.05) is 26.8 Å². The molecule has 0 amide bonds. The van der Waals surface area contributed by atoms with Crippen LogP contribution in [0.5, 0.6) is 5.75 Å². The number of benzene rings is 1. The molecule has 1 fully saturated rings. The molecule has 0 aliphatic carbocycles. The Labute approximate surface area is 126 Å². The van der Waals surface area contributed by atoms with Crippen molar-refractivity contribution in [3.05, 3.63) is 17.7 Å². The summed E-state index contributed by atoms with van der Waals surface area (Å²) in [6.07, 6.45) is 1.13. The fraction of sp³-hybridized carbons (Fsp3) is 0.562. The Kier molecular flexibility index (Phi) is 4.03. The van der Waals surface area contributed by atoms with Gasteiger partial charge in [-0.05, 0) is 46.2 Å². The number of nitrogens with two attached hydrogens (primary N) is 1. The van der Waals surface area contributed by atoms with E-state index in [1.54, 1.807) is 13.2 Å². The summed E-state index contributed by atoms with van der Waals surface area (Å²) >= 11 is 0. The molecule has 2 N–H and O–H groups in total. The summed E-state index contributed by atoms with van der Waals surface area (Å²) in [5.41, 5.74) is 6.98. The van der Waals surface area contributed by atoms with E-state index in [0.29, 0.717) is 23.0 Å². The summed E-state index contributed by atoms with van der Waals surface area (Å²) in [6, 6.07) is 4.08. The zero-order valence-corrected chi connectivity index (χ0v) is 13.4. The highest BCUT2D eigenvalue weighted by molar-refractivity contribution is 6.00. The number of esters is 1. The minimum absolute atomic E-state index is 0.309. The molecular weight excluding hydrogens is 268 g/mol. The van der Waals surface area contributed by atoms with Crippen molar-refractivity contribution in [3.8, 4) is 5.75 Å². The molecule has 116 valence electrons. The monoisotopic (exact) mass is 292 g/mol. The van der Waals surface area contributed by atoms with Crippen molar-refractivity contribution in [3.63, 3.8) is 0 Å². The Morgan fingerprint density at radius 3 is 2.48 bits per heavy atom. The van der Waals surface area contributed by atoms with Gasteiger partial charge in [-0.3, -0.25) is 0 Å². The Bertz CT molecular complexity index is 549. The lowest BCUT2D eigenvalue weighted by Crippen LogP contribution is -2.46. The average Bonchev–Trinajstić information content (AvgIpc) is 2.36. The van der Waals surface area contributed by atoms with Crippen molar-refractivity contribution >= 4 is 17.3 Å². The summed E-state index contributed by atoms with van der Waals surface area (Å²) in [5, 5.41) is 0. The maximum atomic E-state index is 12.4. The number of hydrogen-bond donors (Lipinski definition) is 1. The van der Waals surface area contributed by atoms with E-state index < -0.39 is 11.6 Å². The normalized spacial score (nSPS) is 18.1. The van der Waals surface area contributed by atoms with E-state index >= 15 is 0 Å². The third-order valence-corrected chi connectivity index (χ3v) is 3.61. The van der Waals surface area contributed by atoms with Gasteiger partial charge in [-0.2, -0.15) is 0 Å². The van der Waals surface area contributed by atoms with Crippen LogP contribution in [0.3, 0.4) is 0 Å². The second-order valence-electron chi connectivity index (χ2n) is 6.42. The predicted molar refractivity (Wildman–Crippen MR) is 84.0 cm³/mol. The number of ether oxygens (including phenoxy) is 2. The minimum atomic E-state index is -0.575. The quantitative estimate of drug-likeness (QED) is 0.685. The molecule has 5 heteroatoms. The molecule has 0 radical (unpaired) electrons. The molecule has 5 nitrogen and oxygen atoms in total. The standard InChI is InChI=1S/C16H24N2O3/c1-10-8-9-18(10)12-7-6-11(17)13(14(12)20-5)15(19)21-16(2,3)4/h6-7,10H,8-9,17H2,1-5H3/t10-/m0/s1. The Hall–Kier alpha value is -1.91. The molecular formula is C16H24N2O3. The molecule has 21 heavy (non-hydrogen) atoms. The van der Waals surface area contributed by atoms with Crippen LogP contribution in [0.25, 0.3) is 0 Å². The Morgan fingerprint density at radius 1 is 1.38 bits per heavy atom. The van der Waals surface area contributed by atoms with Crippen LogP contribution in [0.15, 0.2) is 12.1 Å². The van der Waals surface area contributed by atoms with Crippen LogP contribution in [0, 0.1) is 0 Å². The van der Waals surface area contributed by atoms with Crippen molar-refractivity contribution in [2.45, 2.75) is 45.8 Å². The molecule has 1 aromatic rings. The van der Waals surface area contributed by atoms with Gasteiger partial charge in [0.15, 0.2) is 5.75 Å². The first kappa shape index (κ1) is 15.5. The van der Waals surface area contributed by atoms with Crippen molar-refractivity contribution in [1.82, 2.24) is 0 Å². The van der Waals surface area contributed by atoms with Crippen LogP contribution >= 0.6 is 0 Å². The van der Waals surface area contributed by atoms with Crippen LogP contribution in [-0.4, -0.2) is 31.3 Å². The van der Waals surface area contributed by atoms with E-state index in [1.165, 1.54) is 0 Å². The van der Waals surface area contributed by atoms with Crippen LogP contribution in [0.2, 0.25) is 0 Å². The first-order valence-electron chi connectivity index (χ1n) is 7.21. The highest BCUT2D eigenvalue weighted by Gasteiger charge is 2.31. The molecule has 1 atom stereocenters. The molecule has 1 heterocycles. The molecule has 0 bridgehead atoms. The molecule has 1 aliphatic rings. The van der Waals surface area contributed by atoms with E-state index in [0.717, 1.165) is 18.7 Å². The molecule has 1 aliphatic heterocycles. The fourth-order valence-corrected chi connectivity index (χ4v) is 2.43. The number of rotatable bonds is 3. The van der Waals surface area contributed by atoms with Crippen molar-refractivity contribution in [1.29, 1.82) is 0 Å². The third-order valence-electron chi connectivity index (χ3n) is 3.61. The average molecular weight is 292 g/mol. The lowest BCUT2D eigenvalue weighted by Gasteiger charge is -2.41. The van der Waals surface area contributed by atoms with E-state index in [9.17, 15) is 4.79 Å². The van der Waals surface area contributed by atoms with Crippen molar-refractivity contribution in [2.75, 3.05) is 24.3 Å². The smallest absolute Gasteiger partial charge is 0.344 e. The maximum absolute atomic E-state index is 12.4. The van der Waals surface area contributed by atoms with Crippen molar-refractivity contribution in [2.24, 2.45) is 0 Å². The summed E-state index contributed by atoms with van der Waals surface area (Å²) in [4.78, 5) is 14.6. The zero-order chi connectivity index (χ0) is 15.8. The summed E-state index contributed by atoms with van der Waals surface area (Å²) in [6.45, 7) is 8.58. The van der Waals surface area contributed by atoms with Gasteiger partial charge in [-0.1, -0.05) is 0 Å². The van der Waals surface area contributed by atoms with Gasteiger partial charge in [0.1, 0.15) is 11.2 Å². The minimum Gasteiger partial charge on any atom is -0.494 e. The molecule has 0 saturated carbocycles. The topological polar surface area (TPSA) is 64.8 Å². The number of anilines is 2. The number of nitrogen functional groups attached to an aromatic ring is 1. The number of methoxy groups -OCH3 is 1. The molecule has 1 saturated heterocycles. The largest absolute Gasteiger partial charge is 0.494 e. The van der Waals surface area contributed by atoms with Gasteiger partial charge in [0.2, 0.25) is 0 Å². The van der Waals surface area contributed by atoms with Gasteiger partial charge in [0, 0.05) is 12.6 Å². The first-order chi connectivity index (χ1) is 9.74. The highest BCUT2D eigenvalue weighted by atomic mass is 16.6. The van der Waals surface area contributed by atoms with Gasteiger partial charge in [0.25, 0.3) is 0 Å². The fourth-order valence-electron chi connectivity index (χ4n) is 2.43. The summed E-state index contributed by atoms with van der Waals surface area (Å²) in [5.74, 6) is 0.0441. The molecule has 1 aromatic carbocycles. The molecule has 2 rings (SSSR count). The number of nitrogens with zero attached hydrogens (tertiary/aromatic N) is 1. The lowest BCUT2D eigenvalue weighted by atomic mass is 10.0. The Balaban J connectivity index is 2.44. The van der Waals surface area contributed by atoms with Gasteiger partial charge < -0.3 is 20.1 Å². The third kappa shape index (κ3) is 3.06. The van der Waals surface area contributed by atoms with E-state index in [4.69, 9.17) is 15.2 Å².